The molecule has 0 spiro atoms. The standard InChI is InChI=1S/C21H26N4O2/c26-20(19-7-11-22-12-8-19)25-14-9-18(10-15-25)16-24-21(27)23-13-6-17-4-2-1-3-5-17/h1-5,7-8,11-12,18H,6,9-10,13-16H2,(H2,23,24,27). The number of rotatable bonds is 6. The van der Waals surface area contributed by atoms with Gasteiger partial charge in [0, 0.05) is 44.1 Å². The highest BCUT2D eigenvalue weighted by atomic mass is 16.2. The quantitative estimate of drug-likeness (QED) is 0.825. The second-order valence-corrected chi connectivity index (χ2v) is 6.84. The van der Waals surface area contributed by atoms with Crippen LogP contribution in [0.5, 0.6) is 0 Å². The SMILES string of the molecule is O=C(NCCc1ccccc1)NCC1CCN(C(=O)c2ccncc2)CC1. The Balaban J connectivity index is 1.32. The van der Waals surface area contributed by atoms with E-state index in [0.29, 0.717) is 24.6 Å². The first-order valence-electron chi connectivity index (χ1n) is 9.47. The molecule has 1 saturated heterocycles. The van der Waals surface area contributed by atoms with E-state index < -0.39 is 0 Å². The molecule has 1 aromatic carbocycles. The summed E-state index contributed by atoms with van der Waals surface area (Å²) < 4.78 is 0. The predicted octanol–water partition coefficient (Wildman–Crippen LogP) is 2.48. The van der Waals surface area contributed by atoms with Crippen LogP contribution >= 0.6 is 0 Å². The maximum atomic E-state index is 12.4. The van der Waals surface area contributed by atoms with E-state index in [2.05, 4.69) is 27.8 Å². The minimum absolute atomic E-state index is 0.0578. The zero-order valence-corrected chi connectivity index (χ0v) is 15.4. The van der Waals surface area contributed by atoms with E-state index >= 15 is 0 Å². The molecule has 0 bridgehead atoms. The number of aromatic nitrogens is 1. The summed E-state index contributed by atoms with van der Waals surface area (Å²) in [6, 6.07) is 13.5. The molecule has 3 amide bonds. The number of pyridine rings is 1. The molecule has 2 heterocycles. The van der Waals surface area contributed by atoms with Crippen LogP contribution in [0.4, 0.5) is 4.79 Å². The summed E-state index contributed by atoms with van der Waals surface area (Å²) in [5.41, 5.74) is 1.89. The molecule has 1 aliphatic heterocycles. The molecule has 2 aromatic rings. The third-order valence-corrected chi connectivity index (χ3v) is 4.92. The highest BCUT2D eigenvalue weighted by Gasteiger charge is 2.23. The lowest BCUT2D eigenvalue weighted by molar-refractivity contribution is 0.0690. The van der Waals surface area contributed by atoms with Crippen molar-refractivity contribution in [2.24, 2.45) is 5.92 Å². The van der Waals surface area contributed by atoms with Crippen LogP contribution in [-0.4, -0.2) is 48.0 Å². The van der Waals surface area contributed by atoms with E-state index in [4.69, 9.17) is 0 Å². The lowest BCUT2D eigenvalue weighted by Crippen LogP contribution is -2.43. The Bertz CT molecular complexity index is 728. The Hall–Kier alpha value is -2.89. The first kappa shape index (κ1) is 18.9. The van der Waals surface area contributed by atoms with Gasteiger partial charge < -0.3 is 15.5 Å². The fourth-order valence-corrected chi connectivity index (χ4v) is 3.28. The lowest BCUT2D eigenvalue weighted by atomic mass is 9.96. The van der Waals surface area contributed by atoms with Crippen molar-refractivity contribution in [2.75, 3.05) is 26.2 Å². The molecular formula is C21H26N4O2. The summed E-state index contributed by atoms with van der Waals surface area (Å²) in [5.74, 6) is 0.467. The van der Waals surface area contributed by atoms with Crippen LogP contribution in [-0.2, 0) is 6.42 Å². The summed E-state index contributed by atoms with van der Waals surface area (Å²) in [6.45, 7) is 2.72. The Labute approximate surface area is 160 Å². The zero-order chi connectivity index (χ0) is 18.9. The third kappa shape index (κ3) is 5.81. The van der Waals surface area contributed by atoms with Gasteiger partial charge in [-0.25, -0.2) is 4.79 Å². The first-order chi connectivity index (χ1) is 13.2. The molecule has 27 heavy (non-hydrogen) atoms. The Morgan fingerprint density at radius 1 is 1.00 bits per heavy atom. The molecule has 0 atom stereocenters. The number of likely N-dealkylation sites (tertiary alicyclic amines) is 1. The van der Waals surface area contributed by atoms with Gasteiger partial charge in [-0.3, -0.25) is 9.78 Å². The van der Waals surface area contributed by atoms with Gasteiger partial charge in [0.1, 0.15) is 0 Å². The van der Waals surface area contributed by atoms with Crippen molar-refractivity contribution in [1.29, 1.82) is 0 Å². The molecule has 1 aliphatic rings. The van der Waals surface area contributed by atoms with Crippen LogP contribution in [0.2, 0.25) is 0 Å². The van der Waals surface area contributed by atoms with Crippen LogP contribution in [0.25, 0.3) is 0 Å². The monoisotopic (exact) mass is 366 g/mol. The van der Waals surface area contributed by atoms with Gasteiger partial charge in [-0.05, 0) is 42.9 Å². The van der Waals surface area contributed by atoms with Gasteiger partial charge in [0.2, 0.25) is 0 Å². The molecule has 0 saturated carbocycles. The Morgan fingerprint density at radius 3 is 2.41 bits per heavy atom. The van der Waals surface area contributed by atoms with Crippen LogP contribution in [0, 0.1) is 5.92 Å². The average Bonchev–Trinajstić information content (AvgIpc) is 2.73. The Kier molecular flexibility index (Phi) is 6.79. The lowest BCUT2D eigenvalue weighted by Gasteiger charge is -2.32. The molecule has 0 aliphatic carbocycles. The molecule has 0 radical (unpaired) electrons. The van der Waals surface area contributed by atoms with Crippen molar-refractivity contribution in [3.63, 3.8) is 0 Å². The molecule has 2 N–H and O–H groups in total. The van der Waals surface area contributed by atoms with Crippen molar-refractivity contribution in [3.8, 4) is 0 Å². The second kappa shape index (κ2) is 9.71. The smallest absolute Gasteiger partial charge is 0.314 e. The Morgan fingerprint density at radius 2 is 1.70 bits per heavy atom. The van der Waals surface area contributed by atoms with E-state index in [-0.39, 0.29) is 11.9 Å². The van der Waals surface area contributed by atoms with Gasteiger partial charge in [-0.1, -0.05) is 30.3 Å². The second-order valence-electron chi connectivity index (χ2n) is 6.84. The molecular weight excluding hydrogens is 340 g/mol. The fraction of sp³-hybridized carbons (Fsp3) is 0.381. The van der Waals surface area contributed by atoms with Crippen LogP contribution < -0.4 is 10.6 Å². The fourth-order valence-electron chi connectivity index (χ4n) is 3.28. The topological polar surface area (TPSA) is 74.3 Å². The maximum Gasteiger partial charge on any atom is 0.314 e. The summed E-state index contributed by atoms with van der Waals surface area (Å²) in [7, 11) is 0. The molecule has 3 rings (SSSR count). The van der Waals surface area contributed by atoms with E-state index in [1.807, 2.05) is 23.1 Å². The van der Waals surface area contributed by atoms with Crippen molar-refractivity contribution in [1.82, 2.24) is 20.5 Å². The van der Waals surface area contributed by atoms with Gasteiger partial charge >= 0.3 is 6.03 Å². The number of nitrogens with zero attached hydrogens (tertiary/aromatic N) is 2. The number of piperidine rings is 1. The van der Waals surface area contributed by atoms with Crippen LogP contribution in [0.1, 0.15) is 28.8 Å². The van der Waals surface area contributed by atoms with E-state index in [0.717, 1.165) is 32.4 Å². The number of hydrogen-bond acceptors (Lipinski definition) is 3. The highest BCUT2D eigenvalue weighted by molar-refractivity contribution is 5.94. The number of hydrogen-bond donors (Lipinski definition) is 2. The normalized spacial score (nSPS) is 14.6. The predicted molar refractivity (Wildman–Crippen MR) is 104 cm³/mol. The molecule has 142 valence electrons. The number of amides is 3. The minimum atomic E-state index is -0.124. The molecule has 1 fully saturated rings. The van der Waals surface area contributed by atoms with Gasteiger partial charge in [0.25, 0.3) is 5.91 Å². The van der Waals surface area contributed by atoms with E-state index in [9.17, 15) is 9.59 Å². The molecule has 6 heteroatoms. The molecule has 6 nitrogen and oxygen atoms in total. The zero-order valence-electron chi connectivity index (χ0n) is 15.4. The molecule has 0 unspecified atom stereocenters. The van der Waals surface area contributed by atoms with Gasteiger partial charge in [-0.2, -0.15) is 0 Å². The van der Waals surface area contributed by atoms with Crippen molar-refractivity contribution < 1.29 is 9.59 Å². The van der Waals surface area contributed by atoms with Gasteiger partial charge in [-0.15, -0.1) is 0 Å². The number of nitrogens with one attached hydrogen (secondary N) is 2. The summed E-state index contributed by atoms with van der Waals surface area (Å²) in [5, 5.41) is 5.85. The number of urea groups is 1. The van der Waals surface area contributed by atoms with Crippen molar-refractivity contribution in [2.45, 2.75) is 19.3 Å². The van der Waals surface area contributed by atoms with Gasteiger partial charge in [0.15, 0.2) is 0 Å². The van der Waals surface area contributed by atoms with Gasteiger partial charge in [0.05, 0.1) is 0 Å². The molecule has 1 aromatic heterocycles. The van der Waals surface area contributed by atoms with E-state index in [1.54, 1.807) is 24.5 Å². The van der Waals surface area contributed by atoms with Crippen LogP contribution in [0.15, 0.2) is 54.9 Å². The number of carbonyl (C=O) groups excluding carboxylic acids is 2. The number of carbonyl (C=O) groups is 2. The van der Waals surface area contributed by atoms with Crippen LogP contribution in [0.3, 0.4) is 0 Å². The van der Waals surface area contributed by atoms with Crippen molar-refractivity contribution >= 4 is 11.9 Å². The van der Waals surface area contributed by atoms with E-state index in [1.165, 1.54) is 5.56 Å². The van der Waals surface area contributed by atoms with Crippen molar-refractivity contribution in [3.05, 3.63) is 66.0 Å². The number of benzene rings is 1. The third-order valence-electron chi connectivity index (χ3n) is 4.92. The average molecular weight is 366 g/mol. The first-order valence-corrected chi connectivity index (χ1v) is 9.47. The maximum absolute atomic E-state index is 12.4. The largest absolute Gasteiger partial charge is 0.339 e. The summed E-state index contributed by atoms with van der Waals surface area (Å²) >= 11 is 0. The minimum Gasteiger partial charge on any atom is -0.339 e. The highest BCUT2D eigenvalue weighted by Crippen LogP contribution is 2.18. The summed E-state index contributed by atoms with van der Waals surface area (Å²) in [4.78, 5) is 30.2. The summed E-state index contributed by atoms with van der Waals surface area (Å²) in [6.07, 6.45) is 5.91.